The Bertz CT molecular complexity index is 1640. The molecule has 1 aromatic heterocycles. The van der Waals surface area contributed by atoms with Crippen LogP contribution in [0.4, 0.5) is 0 Å². The lowest BCUT2D eigenvalue weighted by atomic mass is 10.0. The quantitative estimate of drug-likeness (QED) is 0.218. The van der Waals surface area contributed by atoms with Crippen LogP contribution in [0.15, 0.2) is 144 Å². The van der Waals surface area contributed by atoms with E-state index in [4.69, 9.17) is 9.97 Å². The molecule has 6 aromatic rings. The first-order valence-electron chi connectivity index (χ1n) is 12.2. The Balaban J connectivity index is 1.44. The highest BCUT2D eigenvalue weighted by atomic mass is 79.9. The van der Waals surface area contributed by atoms with E-state index in [0.717, 1.165) is 38.1 Å². The van der Waals surface area contributed by atoms with Crippen molar-refractivity contribution in [1.29, 1.82) is 0 Å². The summed E-state index contributed by atoms with van der Waals surface area (Å²) in [5, 5.41) is 0. The van der Waals surface area contributed by atoms with Crippen molar-refractivity contribution in [3.05, 3.63) is 144 Å². The minimum Gasteiger partial charge on any atom is -0.228 e. The lowest BCUT2D eigenvalue weighted by Gasteiger charge is -2.11. The Morgan fingerprint density at radius 1 is 0.351 bits per heavy atom. The van der Waals surface area contributed by atoms with Crippen molar-refractivity contribution in [3.8, 4) is 56.2 Å². The second kappa shape index (κ2) is 10.3. The number of hydrogen-bond acceptors (Lipinski definition) is 2. The van der Waals surface area contributed by atoms with Gasteiger partial charge >= 0.3 is 0 Å². The zero-order valence-electron chi connectivity index (χ0n) is 20.1. The molecule has 0 radical (unpaired) electrons. The summed E-state index contributed by atoms with van der Waals surface area (Å²) in [6, 6.07) is 48.2. The minimum absolute atomic E-state index is 0.713. The molecule has 0 aliphatic heterocycles. The Hall–Kier alpha value is -4.34. The lowest BCUT2D eigenvalue weighted by Crippen LogP contribution is -1.96. The fraction of sp³-hybridized carbons (Fsp3) is 0. The highest BCUT2D eigenvalue weighted by molar-refractivity contribution is 9.10. The van der Waals surface area contributed by atoms with Crippen LogP contribution in [-0.4, -0.2) is 9.97 Å². The summed E-state index contributed by atoms with van der Waals surface area (Å²) in [7, 11) is 0. The second-order valence-electron chi connectivity index (χ2n) is 8.86. The van der Waals surface area contributed by atoms with E-state index in [2.05, 4.69) is 131 Å². The first-order chi connectivity index (χ1) is 18.2. The molecule has 1 heterocycles. The van der Waals surface area contributed by atoms with E-state index < -0.39 is 0 Å². The molecule has 0 amide bonds. The Morgan fingerprint density at radius 2 is 0.811 bits per heavy atom. The molecule has 0 saturated carbocycles. The van der Waals surface area contributed by atoms with Gasteiger partial charge in [-0.25, -0.2) is 9.97 Å². The maximum atomic E-state index is 5.03. The number of aromatic nitrogens is 2. The maximum Gasteiger partial charge on any atom is 0.160 e. The molecule has 3 heteroatoms. The molecule has 5 aromatic carbocycles. The fourth-order valence-electron chi connectivity index (χ4n) is 4.42. The summed E-state index contributed by atoms with van der Waals surface area (Å²) in [4.78, 5) is 10.0. The average molecular weight is 539 g/mol. The van der Waals surface area contributed by atoms with E-state index in [9.17, 15) is 0 Å². The topological polar surface area (TPSA) is 25.8 Å². The van der Waals surface area contributed by atoms with E-state index >= 15 is 0 Å². The molecule has 6 rings (SSSR count). The predicted molar refractivity (Wildman–Crippen MR) is 157 cm³/mol. The smallest absolute Gasteiger partial charge is 0.160 e. The summed E-state index contributed by atoms with van der Waals surface area (Å²) in [5.74, 6) is 0.713. The van der Waals surface area contributed by atoms with Gasteiger partial charge < -0.3 is 0 Å². The van der Waals surface area contributed by atoms with Crippen LogP contribution in [0, 0.1) is 0 Å². The van der Waals surface area contributed by atoms with Crippen LogP contribution in [-0.2, 0) is 0 Å². The van der Waals surface area contributed by atoms with Crippen molar-refractivity contribution < 1.29 is 0 Å². The van der Waals surface area contributed by atoms with E-state index in [0.29, 0.717) is 5.82 Å². The summed E-state index contributed by atoms with van der Waals surface area (Å²) < 4.78 is 1.07. The fourth-order valence-corrected chi connectivity index (χ4v) is 4.69. The number of hydrogen-bond donors (Lipinski definition) is 0. The molecule has 0 spiro atoms. The van der Waals surface area contributed by atoms with Crippen molar-refractivity contribution in [1.82, 2.24) is 9.97 Å². The molecule has 0 atom stereocenters. The summed E-state index contributed by atoms with van der Waals surface area (Å²) in [5.41, 5.74) is 9.60. The van der Waals surface area contributed by atoms with Gasteiger partial charge in [0.1, 0.15) is 0 Å². The van der Waals surface area contributed by atoms with Crippen molar-refractivity contribution in [3.63, 3.8) is 0 Å². The molecule has 0 bridgehead atoms. The number of rotatable bonds is 5. The standard InChI is InChI=1S/C34H23BrN2/c35-31-20-18-26(19-21-31)29-12-7-13-30(22-29)33-23-32(27-10-5-2-6-11-27)36-34(37-33)28-16-14-25(15-17-28)24-8-3-1-4-9-24/h1-23H. The largest absolute Gasteiger partial charge is 0.228 e. The van der Waals surface area contributed by atoms with Gasteiger partial charge in [0.05, 0.1) is 11.4 Å². The van der Waals surface area contributed by atoms with Crippen molar-refractivity contribution in [2.45, 2.75) is 0 Å². The third-order valence-electron chi connectivity index (χ3n) is 6.38. The SMILES string of the molecule is Brc1ccc(-c2cccc(-c3cc(-c4ccccc4)nc(-c4ccc(-c5ccccc5)cc4)n3)c2)cc1. The second-order valence-corrected chi connectivity index (χ2v) is 9.77. The van der Waals surface area contributed by atoms with E-state index in [-0.39, 0.29) is 0 Å². The Kier molecular flexibility index (Phi) is 6.45. The maximum absolute atomic E-state index is 5.03. The first kappa shape index (κ1) is 23.1. The zero-order valence-corrected chi connectivity index (χ0v) is 21.6. The van der Waals surface area contributed by atoms with Crippen LogP contribution in [0.25, 0.3) is 56.2 Å². The van der Waals surface area contributed by atoms with Gasteiger partial charge in [-0.2, -0.15) is 0 Å². The van der Waals surface area contributed by atoms with Gasteiger partial charge in [0, 0.05) is 21.2 Å². The van der Waals surface area contributed by atoms with E-state index in [1.54, 1.807) is 0 Å². The van der Waals surface area contributed by atoms with Crippen molar-refractivity contribution in [2.75, 3.05) is 0 Å². The molecular weight excluding hydrogens is 516 g/mol. The normalized spacial score (nSPS) is 10.8. The Labute approximate surface area is 225 Å². The molecule has 0 fully saturated rings. The molecular formula is C34H23BrN2. The summed E-state index contributed by atoms with van der Waals surface area (Å²) in [6.45, 7) is 0. The molecule has 0 N–H and O–H groups in total. The molecule has 2 nitrogen and oxygen atoms in total. The highest BCUT2D eigenvalue weighted by Crippen LogP contribution is 2.31. The van der Waals surface area contributed by atoms with Crippen molar-refractivity contribution >= 4 is 15.9 Å². The highest BCUT2D eigenvalue weighted by Gasteiger charge is 2.12. The van der Waals surface area contributed by atoms with Gasteiger partial charge in [0.15, 0.2) is 5.82 Å². The minimum atomic E-state index is 0.713. The van der Waals surface area contributed by atoms with Gasteiger partial charge in [0.25, 0.3) is 0 Å². The molecule has 37 heavy (non-hydrogen) atoms. The van der Waals surface area contributed by atoms with Crippen molar-refractivity contribution in [2.24, 2.45) is 0 Å². The molecule has 0 unspecified atom stereocenters. The van der Waals surface area contributed by atoms with E-state index in [1.165, 1.54) is 16.7 Å². The molecule has 0 aliphatic carbocycles. The van der Waals surface area contributed by atoms with Crippen LogP contribution in [0.3, 0.4) is 0 Å². The van der Waals surface area contributed by atoms with Gasteiger partial charge in [-0.1, -0.05) is 131 Å². The van der Waals surface area contributed by atoms with Crippen LogP contribution < -0.4 is 0 Å². The predicted octanol–water partition coefficient (Wildman–Crippen LogP) is 9.57. The molecule has 176 valence electrons. The van der Waals surface area contributed by atoms with Crippen LogP contribution in [0.5, 0.6) is 0 Å². The van der Waals surface area contributed by atoms with Crippen LogP contribution >= 0.6 is 15.9 Å². The Morgan fingerprint density at radius 3 is 1.49 bits per heavy atom. The van der Waals surface area contributed by atoms with Gasteiger partial charge in [-0.3, -0.25) is 0 Å². The average Bonchev–Trinajstić information content (AvgIpc) is 2.98. The van der Waals surface area contributed by atoms with Gasteiger partial charge in [-0.15, -0.1) is 0 Å². The molecule has 0 saturated heterocycles. The number of benzene rings is 5. The van der Waals surface area contributed by atoms with Crippen LogP contribution in [0.1, 0.15) is 0 Å². The van der Waals surface area contributed by atoms with Crippen LogP contribution in [0.2, 0.25) is 0 Å². The summed E-state index contributed by atoms with van der Waals surface area (Å²) >= 11 is 3.53. The molecule has 0 aliphatic rings. The van der Waals surface area contributed by atoms with E-state index in [1.807, 2.05) is 24.3 Å². The number of halogens is 1. The zero-order chi connectivity index (χ0) is 25.0. The summed E-state index contributed by atoms with van der Waals surface area (Å²) in [6.07, 6.45) is 0. The third kappa shape index (κ3) is 5.13. The number of nitrogens with zero attached hydrogens (tertiary/aromatic N) is 2. The van der Waals surface area contributed by atoms with Gasteiger partial charge in [0.2, 0.25) is 0 Å². The first-order valence-corrected chi connectivity index (χ1v) is 13.0. The van der Waals surface area contributed by atoms with Gasteiger partial charge in [-0.05, 0) is 46.5 Å². The monoisotopic (exact) mass is 538 g/mol. The third-order valence-corrected chi connectivity index (χ3v) is 6.91. The lowest BCUT2D eigenvalue weighted by molar-refractivity contribution is 1.18.